The molecule has 0 saturated heterocycles. The molecule has 1 atom stereocenters. The second-order valence-electron chi connectivity index (χ2n) is 5.58. The van der Waals surface area contributed by atoms with Crippen LogP contribution in [0.1, 0.15) is 18.9 Å². The van der Waals surface area contributed by atoms with Crippen LogP contribution in [0.3, 0.4) is 0 Å². The molecule has 20 heavy (non-hydrogen) atoms. The van der Waals surface area contributed by atoms with E-state index < -0.39 is 0 Å². The predicted molar refractivity (Wildman–Crippen MR) is 84.0 cm³/mol. The topological polar surface area (TPSA) is 48.1 Å². The summed E-state index contributed by atoms with van der Waals surface area (Å²) in [5.74, 6) is 0. The van der Waals surface area contributed by atoms with E-state index in [1.165, 1.54) is 0 Å². The third kappa shape index (κ3) is 3.92. The van der Waals surface area contributed by atoms with Gasteiger partial charge in [0.25, 0.3) is 5.56 Å². The number of aromatic amines is 1. The van der Waals surface area contributed by atoms with Crippen LogP contribution in [-0.4, -0.2) is 36.6 Å². The molecule has 1 aromatic heterocycles. The van der Waals surface area contributed by atoms with Crippen LogP contribution in [0.25, 0.3) is 10.9 Å². The highest BCUT2D eigenvalue weighted by atomic mass is 16.1. The number of pyridine rings is 1. The van der Waals surface area contributed by atoms with Crippen LogP contribution in [-0.2, 0) is 6.54 Å². The summed E-state index contributed by atoms with van der Waals surface area (Å²) in [7, 11) is 4.14. The Morgan fingerprint density at radius 3 is 2.80 bits per heavy atom. The van der Waals surface area contributed by atoms with Gasteiger partial charge in [-0.25, -0.2) is 0 Å². The van der Waals surface area contributed by atoms with E-state index in [0.717, 1.165) is 29.4 Å². The maximum atomic E-state index is 12.0. The maximum Gasteiger partial charge on any atom is 0.252 e. The highest BCUT2D eigenvalue weighted by molar-refractivity contribution is 5.78. The molecule has 0 bridgehead atoms. The zero-order valence-corrected chi connectivity index (χ0v) is 12.4. The molecule has 0 fully saturated rings. The van der Waals surface area contributed by atoms with Crippen molar-refractivity contribution in [2.75, 3.05) is 20.6 Å². The summed E-state index contributed by atoms with van der Waals surface area (Å²) < 4.78 is 0. The smallest absolute Gasteiger partial charge is 0.252 e. The molecule has 0 aliphatic rings. The van der Waals surface area contributed by atoms with Crippen molar-refractivity contribution in [1.82, 2.24) is 15.2 Å². The number of aromatic nitrogens is 1. The first kappa shape index (κ1) is 14.8. The monoisotopic (exact) mass is 273 g/mol. The molecule has 2 rings (SSSR count). The Morgan fingerprint density at radius 1 is 1.30 bits per heavy atom. The Morgan fingerprint density at radius 2 is 2.05 bits per heavy atom. The first-order valence-corrected chi connectivity index (χ1v) is 7.05. The van der Waals surface area contributed by atoms with Crippen LogP contribution in [0.15, 0.2) is 35.1 Å². The number of nitrogens with zero attached hydrogens (tertiary/aromatic N) is 1. The van der Waals surface area contributed by atoms with Crippen molar-refractivity contribution in [2.24, 2.45) is 0 Å². The van der Waals surface area contributed by atoms with Crippen LogP contribution < -0.4 is 10.9 Å². The van der Waals surface area contributed by atoms with Gasteiger partial charge in [-0.1, -0.05) is 18.2 Å². The van der Waals surface area contributed by atoms with E-state index in [0.29, 0.717) is 12.6 Å². The largest absolute Gasteiger partial charge is 0.322 e. The van der Waals surface area contributed by atoms with E-state index >= 15 is 0 Å². The molecule has 2 aromatic rings. The lowest BCUT2D eigenvalue weighted by molar-refractivity contribution is 0.365. The van der Waals surface area contributed by atoms with E-state index in [-0.39, 0.29) is 5.56 Å². The molecule has 0 radical (unpaired) electrons. The second kappa shape index (κ2) is 6.68. The van der Waals surface area contributed by atoms with Gasteiger partial charge < -0.3 is 15.2 Å². The van der Waals surface area contributed by atoms with Gasteiger partial charge in [-0.3, -0.25) is 4.79 Å². The quantitative estimate of drug-likeness (QED) is 0.846. The van der Waals surface area contributed by atoms with Crippen molar-refractivity contribution in [3.05, 3.63) is 46.2 Å². The van der Waals surface area contributed by atoms with Crippen molar-refractivity contribution < 1.29 is 0 Å². The molecule has 0 saturated carbocycles. The van der Waals surface area contributed by atoms with Gasteiger partial charge in [0.05, 0.1) is 0 Å². The van der Waals surface area contributed by atoms with Gasteiger partial charge in [-0.05, 0) is 51.5 Å². The zero-order valence-electron chi connectivity index (χ0n) is 12.4. The SMILES string of the molecule is CC(CCN(C)C)NCc1cc2ccccc2[nH]c1=O. The van der Waals surface area contributed by atoms with Gasteiger partial charge in [0.15, 0.2) is 0 Å². The Labute approximate surface area is 119 Å². The number of rotatable bonds is 6. The summed E-state index contributed by atoms with van der Waals surface area (Å²) in [6, 6.07) is 10.2. The number of nitrogens with one attached hydrogen (secondary N) is 2. The first-order valence-electron chi connectivity index (χ1n) is 7.05. The summed E-state index contributed by atoms with van der Waals surface area (Å²) in [6.45, 7) is 3.80. The summed E-state index contributed by atoms with van der Waals surface area (Å²) in [5, 5.41) is 4.49. The Kier molecular flexibility index (Phi) is 4.93. The van der Waals surface area contributed by atoms with Crippen LogP contribution in [0.4, 0.5) is 0 Å². The fourth-order valence-corrected chi connectivity index (χ4v) is 2.16. The molecular formula is C16H23N3O. The minimum Gasteiger partial charge on any atom is -0.322 e. The molecule has 0 spiro atoms. The molecule has 0 amide bonds. The van der Waals surface area contributed by atoms with Crippen molar-refractivity contribution in [3.63, 3.8) is 0 Å². The summed E-state index contributed by atoms with van der Waals surface area (Å²) in [5.41, 5.74) is 1.68. The lowest BCUT2D eigenvalue weighted by Gasteiger charge is -2.16. The Hall–Kier alpha value is -1.65. The molecule has 4 heteroatoms. The van der Waals surface area contributed by atoms with Crippen LogP contribution in [0.2, 0.25) is 0 Å². The second-order valence-corrected chi connectivity index (χ2v) is 5.58. The number of H-pyrrole nitrogens is 1. The number of benzene rings is 1. The van der Waals surface area contributed by atoms with E-state index in [4.69, 9.17) is 0 Å². The lowest BCUT2D eigenvalue weighted by Crippen LogP contribution is -2.31. The van der Waals surface area contributed by atoms with Gasteiger partial charge >= 0.3 is 0 Å². The lowest BCUT2D eigenvalue weighted by atomic mass is 10.1. The average Bonchev–Trinajstić information content (AvgIpc) is 2.42. The predicted octanol–water partition coefficient (Wildman–Crippen LogP) is 1.96. The number of para-hydroxylation sites is 1. The summed E-state index contributed by atoms with van der Waals surface area (Å²) >= 11 is 0. The van der Waals surface area contributed by atoms with E-state index in [9.17, 15) is 4.79 Å². The third-order valence-electron chi connectivity index (χ3n) is 3.48. The molecule has 1 aromatic carbocycles. The molecule has 4 nitrogen and oxygen atoms in total. The highest BCUT2D eigenvalue weighted by Crippen LogP contribution is 2.10. The average molecular weight is 273 g/mol. The normalized spacial score (nSPS) is 13.0. The molecular weight excluding hydrogens is 250 g/mol. The standard InChI is InChI=1S/C16H23N3O/c1-12(8-9-19(2)3)17-11-14-10-13-6-4-5-7-15(13)18-16(14)20/h4-7,10,12,17H,8-9,11H2,1-3H3,(H,18,20). The molecule has 0 aliphatic heterocycles. The molecule has 108 valence electrons. The van der Waals surface area contributed by atoms with Gasteiger partial charge in [0, 0.05) is 23.7 Å². The van der Waals surface area contributed by atoms with Gasteiger partial charge in [0.1, 0.15) is 0 Å². The molecule has 1 unspecified atom stereocenters. The fourth-order valence-electron chi connectivity index (χ4n) is 2.16. The Balaban J connectivity index is 2.02. The number of fused-ring (bicyclic) bond motifs is 1. The van der Waals surface area contributed by atoms with Gasteiger partial charge in [0.2, 0.25) is 0 Å². The maximum absolute atomic E-state index is 12.0. The number of hydrogen-bond acceptors (Lipinski definition) is 3. The summed E-state index contributed by atoms with van der Waals surface area (Å²) in [4.78, 5) is 17.1. The molecule has 1 heterocycles. The van der Waals surface area contributed by atoms with E-state index in [1.807, 2.05) is 30.3 Å². The van der Waals surface area contributed by atoms with Crippen molar-refractivity contribution in [2.45, 2.75) is 25.9 Å². The fraction of sp³-hybridized carbons (Fsp3) is 0.438. The minimum atomic E-state index is -0.00369. The van der Waals surface area contributed by atoms with Crippen LogP contribution >= 0.6 is 0 Å². The first-order chi connectivity index (χ1) is 9.56. The molecule has 0 aliphatic carbocycles. The van der Waals surface area contributed by atoms with Crippen molar-refractivity contribution in [3.8, 4) is 0 Å². The van der Waals surface area contributed by atoms with Gasteiger partial charge in [-0.2, -0.15) is 0 Å². The van der Waals surface area contributed by atoms with Gasteiger partial charge in [-0.15, -0.1) is 0 Å². The van der Waals surface area contributed by atoms with E-state index in [2.05, 4.69) is 36.2 Å². The van der Waals surface area contributed by atoms with Crippen molar-refractivity contribution in [1.29, 1.82) is 0 Å². The minimum absolute atomic E-state index is 0.00369. The highest BCUT2D eigenvalue weighted by Gasteiger charge is 2.06. The third-order valence-corrected chi connectivity index (χ3v) is 3.48. The van der Waals surface area contributed by atoms with E-state index in [1.54, 1.807) is 0 Å². The van der Waals surface area contributed by atoms with Crippen LogP contribution in [0, 0.1) is 0 Å². The number of hydrogen-bond donors (Lipinski definition) is 2. The summed E-state index contributed by atoms with van der Waals surface area (Å²) in [6.07, 6.45) is 1.07. The van der Waals surface area contributed by atoms with Crippen molar-refractivity contribution >= 4 is 10.9 Å². The molecule has 2 N–H and O–H groups in total. The van der Waals surface area contributed by atoms with Crippen LogP contribution in [0.5, 0.6) is 0 Å². The Bertz CT molecular complexity index is 618. The zero-order chi connectivity index (χ0) is 14.5.